The molecule has 0 saturated carbocycles. The molecule has 0 spiro atoms. The number of Topliss-reactive ketones (excluding diaryl/α,β-unsaturated/α-hetero) is 1. The Bertz CT molecular complexity index is 627. The van der Waals surface area contributed by atoms with Gasteiger partial charge in [0.1, 0.15) is 0 Å². The number of hydrogen-bond donors (Lipinski definition) is 0. The molecule has 1 aliphatic rings. The zero-order valence-electron chi connectivity index (χ0n) is 11.7. The minimum Gasteiger partial charge on any atom is -0.294 e. The van der Waals surface area contributed by atoms with E-state index in [2.05, 4.69) is 0 Å². The third-order valence-electron chi connectivity index (χ3n) is 3.31. The molecule has 1 aromatic rings. The number of nitrogens with zero attached hydrogens (tertiary/aromatic N) is 1. The number of ketones is 1. The molecule has 1 aromatic carbocycles. The standard InChI is InChI=1S/C14H19NO3S/c1-14(2,3)13(16)10-5-6-11-8-15(19(4,17)18)9-12(11)7-10/h5-7H,8-9H2,1-4H3. The van der Waals surface area contributed by atoms with Crippen LogP contribution in [0.1, 0.15) is 42.3 Å². The molecule has 0 bridgehead atoms. The summed E-state index contributed by atoms with van der Waals surface area (Å²) in [6, 6.07) is 5.48. The van der Waals surface area contributed by atoms with E-state index in [4.69, 9.17) is 0 Å². The second-order valence-corrected chi connectivity index (χ2v) is 8.08. The average Bonchev–Trinajstić information content (AvgIpc) is 2.68. The van der Waals surface area contributed by atoms with Crippen LogP contribution in [-0.4, -0.2) is 24.8 Å². The molecule has 0 saturated heterocycles. The zero-order valence-corrected chi connectivity index (χ0v) is 12.5. The van der Waals surface area contributed by atoms with Gasteiger partial charge in [-0.05, 0) is 17.2 Å². The molecule has 0 aliphatic carbocycles. The maximum Gasteiger partial charge on any atom is 0.211 e. The van der Waals surface area contributed by atoms with Gasteiger partial charge in [0.05, 0.1) is 6.26 Å². The van der Waals surface area contributed by atoms with E-state index in [-0.39, 0.29) is 5.78 Å². The van der Waals surface area contributed by atoms with Crippen LogP contribution in [0.3, 0.4) is 0 Å². The van der Waals surface area contributed by atoms with Crippen molar-refractivity contribution in [3.8, 4) is 0 Å². The largest absolute Gasteiger partial charge is 0.294 e. The molecule has 1 aliphatic heterocycles. The molecule has 2 rings (SSSR count). The molecule has 0 N–H and O–H groups in total. The van der Waals surface area contributed by atoms with Gasteiger partial charge in [0.15, 0.2) is 5.78 Å². The molecule has 104 valence electrons. The topological polar surface area (TPSA) is 54.5 Å². The minimum atomic E-state index is -3.18. The highest BCUT2D eigenvalue weighted by Gasteiger charge is 2.28. The van der Waals surface area contributed by atoms with Crippen LogP contribution in [0.4, 0.5) is 0 Å². The summed E-state index contributed by atoms with van der Waals surface area (Å²) in [5, 5.41) is 0. The number of sulfonamides is 1. The summed E-state index contributed by atoms with van der Waals surface area (Å²) >= 11 is 0. The Hall–Kier alpha value is -1.20. The lowest BCUT2D eigenvalue weighted by atomic mass is 9.86. The summed E-state index contributed by atoms with van der Waals surface area (Å²) in [4.78, 5) is 12.2. The first-order valence-corrected chi connectivity index (χ1v) is 8.05. The Balaban J connectivity index is 2.32. The molecular formula is C14H19NO3S. The number of hydrogen-bond acceptors (Lipinski definition) is 3. The lowest BCUT2D eigenvalue weighted by Gasteiger charge is -2.17. The fraction of sp³-hybridized carbons (Fsp3) is 0.500. The minimum absolute atomic E-state index is 0.0769. The van der Waals surface area contributed by atoms with Crippen LogP contribution in [0.5, 0.6) is 0 Å². The number of fused-ring (bicyclic) bond motifs is 1. The van der Waals surface area contributed by atoms with E-state index < -0.39 is 15.4 Å². The lowest BCUT2D eigenvalue weighted by molar-refractivity contribution is 0.0858. The average molecular weight is 281 g/mol. The number of benzene rings is 1. The summed E-state index contributed by atoms with van der Waals surface area (Å²) < 4.78 is 24.5. The van der Waals surface area contributed by atoms with E-state index in [0.717, 1.165) is 11.1 Å². The van der Waals surface area contributed by atoms with Crippen LogP contribution in [0, 0.1) is 5.41 Å². The summed E-state index contributed by atoms with van der Waals surface area (Å²) in [5.74, 6) is 0.0769. The third kappa shape index (κ3) is 2.87. The highest BCUT2D eigenvalue weighted by atomic mass is 32.2. The SMILES string of the molecule is CC(C)(C)C(=O)c1ccc2c(c1)CN(S(C)(=O)=O)C2. The van der Waals surface area contributed by atoms with Crippen molar-refractivity contribution in [2.75, 3.05) is 6.26 Å². The van der Waals surface area contributed by atoms with Gasteiger partial charge >= 0.3 is 0 Å². The van der Waals surface area contributed by atoms with Gasteiger partial charge in [-0.2, -0.15) is 4.31 Å². The molecule has 0 atom stereocenters. The van der Waals surface area contributed by atoms with Gasteiger partial charge in [-0.15, -0.1) is 0 Å². The fourth-order valence-electron chi connectivity index (χ4n) is 2.17. The summed E-state index contributed by atoms with van der Waals surface area (Å²) in [6.07, 6.45) is 1.21. The fourth-order valence-corrected chi connectivity index (χ4v) is 2.92. The van der Waals surface area contributed by atoms with Crippen LogP contribution in [-0.2, 0) is 23.1 Å². The smallest absolute Gasteiger partial charge is 0.211 e. The van der Waals surface area contributed by atoms with Gasteiger partial charge in [0.25, 0.3) is 0 Å². The van der Waals surface area contributed by atoms with Crippen molar-refractivity contribution >= 4 is 15.8 Å². The Kier molecular flexibility index (Phi) is 3.31. The second-order valence-electron chi connectivity index (χ2n) is 6.09. The van der Waals surface area contributed by atoms with Crippen molar-refractivity contribution in [3.05, 3.63) is 34.9 Å². The van der Waals surface area contributed by atoms with E-state index in [1.165, 1.54) is 10.6 Å². The summed E-state index contributed by atoms with van der Waals surface area (Å²) in [7, 11) is -3.18. The number of rotatable bonds is 2. The van der Waals surface area contributed by atoms with Gasteiger partial charge in [-0.3, -0.25) is 4.79 Å². The Labute approximate surface area is 114 Å². The van der Waals surface area contributed by atoms with Crippen LogP contribution >= 0.6 is 0 Å². The van der Waals surface area contributed by atoms with E-state index in [1.54, 1.807) is 6.07 Å². The van der Waals surface area contributed by atoms with Gasteiger partial charge < -0.3 is 0 Å². The highest BCUT2D eigenvalue weighted by Crippen LogP contribution is 2.28. The van der Waals surface area contributed by atoms with Crippen LogP contribution in [0.2, 0.25) is 0 Å². The molecular weight excluding hydrogens is 262 g/mol. The van der Waals surface area contributed by atoms with Crippen molar-refractivity contribution in [1.82, 2.24) is 4.31 Å². The second kappa shape index (κ2) is 4.42. The van der Waals surface area contributed by atoms with Gasteiger partial charge in [0, 0.05) is 24.1 Å². The predicted molar refractivity (Wildman–Crippen MR) is 74.3 cm³/mol. The molecule has 1 heterocycles. The monoisotopic (exact) mass is 281 g/mol. The molecule has 0 aromatic heterocycles. The Morgan fingerprint density at radius 1 is 1.16 bits per heavy atom. The Morgan fingerprint density at radius 2 is 1.74 bits per heavy atom. The number of carbonyl (C=O) groups excluding carboxylic acids is 1. The maximum absolute atomic E-state index is 12.2. The Morgan fingerprint density at radius 3 is 2.26 bits per heavy atom. The quantitative estimate of drug-likeness (QED) is 0.781. The molecule has 0 radical (unpaired) electrons. The van der Waals surface area contributed by atoms with Crippen molar-refractivity contribution in [3.63, 3.8) is 0 Å². The molecule has 0 unspecified atom stereocenters. The van der Waals surface area contributed by atoms with Crippen LogP contribution in [0.25, 0.3) is 0 Å². The predicted octanol–water partition coefficient (Wildman–Crippen LogP) is 2.19. The molecule has 5 heteroatoms. The lowest BCUT2D eigenvalue weighted by Crippen LogP contribution is -2.23. The normalized spacial score (nSPS) is 16.4. The number of carbonyl (C=O) groups is 1. The summed E-state index contributed by atoms with van der Waals surface area (Å²) in [5.41, 5.74) is 2.14. The maximum atomic E-state index is 12.2. The van der Waals surface area contributed by atoms with E-state index in [1.807, 2.05) is 32.9 Å². The van der Waals surface area contributed by atoms with Gasteiger partial charge in [-0.1, -0.05) is 32.9 Å². The first kappa shape index (κ1) is 14.2. The van der Waals surface area contributed by atoms with Crippen molar-refractivity contribution in [2.45, 2.75) is 33.9 Å². The molecule has 0 fully saturated rings. The molecule has 19 heavy (non-hydrogen) atoms. The third-order valence-corrected chi connectivity index (χ3v) is 4.51. The van der Waals surface area contributed by atoms with Crippen molar-refractivity contribution < 1.29 is 13.2 Å². The van der Waals surface area contributed by atoms with Crippen molar-refractivity contribution in [1.29, 1.82) is 0 Å². The first-order chi connectivity index (χ1) is 8.59. The van der Waals surface area contributed by atoms with E-state index >= 15 is 0 Å². The van der Waals surface area contributed by atoms with Gasteiger partial charge in [0.2, 0.25) is 10.0 Å². The molecule has 4 nitrogen and oxygen atoms in total. The van der Waals surface area contributed by atoms with Crippen LogP contribution in [0.15, 0.2) is 18.2 Å². The molecule has 0 amide bonds. The van der Waals surface area contributed by atoms with Gasteiger partial charge in [-0.25, -0.2) is 8.42 Å². The van der Waals surface area contributed by atoms with E-state index in [9.17, 15) is 13.2 Å². The summed E-state index contributed by atoms with van der Waals surface area (Å²) in [6.45, 7) is 6.40. The van der Waals surface area contributed by atoms with Crippen molar-refractivity contribution in [2.24, 2.45) is 5.41 Å². The van der Waals surface area contributed by atoms with E-state index in [0.29, 0.717) is 18.7 Å². The van der Waals surface area contributed by atoms with Crippen LogP contribution < -0.4 is 0 Å². The zero-order chi connectivity index (χ0) is 14.4. The first-order valence-electron chi connectivity index (χ1n) is 6.21. The highest BCUT2D eigenvalue weighted by molar-refractivity contribution is 7.88.